The van der Waals surface area contributed by atoms with Crippen molar-refractivity contribution in [1.82, 2.24) is 0 Å². The van der Waals surface area contributed by atoms with Gasteiger partial charge >= 0.3 is 5.97 Å². The Morgan fingerprint density at radius 3 is 1.85 bits per heavy atom. The zero-order valence-corrected chi connectivity index (χ0v) is 8.46. The van der Waals surface area contributed by atoms with Crippen molar-refractivity contribution in [1.29, 1.82) is 0 Å². The van der Waals surface area contributed by atoms with Crippen LogP contribution in [0.2, 0.25) is 0 Å². The number of carboxylic acids is 1. The molecule has 0 amide bonds. The highest BCUT2D eigenvalue weighted by atomic mass is 32.2. The maximum atomic E-state index is 9.93. The summed E-state index contributed by atoms with van der Waals surface area (Å²) in [5.74, 6) is -0.438. The fourth-order valence-corrected chi connectivity index (χ4v) is 0.541. The summed E-state index contributed by atoms with van der Waals surface area (Å²) in [6.45, 7) is 0. The molecule has 0 saturated carbocycles. The molecule has 1 unspecified atom stereocenters. The van der Waals surface area contributed by atoms with Crippen LogP contribution < -0.4 is 16.0 Å². The minimum Gasteiger partial charge on any atom is -0.480 e. The highest BCUT2D eigenvalue weighted by Gasteiger charge is 2.08. The van der Waals surface area contributed by atoms with Gasteiger partial charge in [-0.2, -0.15) is 21.0 Å². The first-order valence-corrected chi connectivity index (χ1v) is 5.32. The van der Waals surface area contributed by atoms with Crippen LogP contribution in [0.5, 0.6) is 0 Å². The molecule has 1 atom stereocenters. The summed E-state index contributed by atoms with van der Waals surface area (Å²) in [4.78, 5) is 9.93. The number of rotatable bonds is 3. The Labute approximate surface area is 81.9 Å². The van der Waals surface area contributed by atoms with Crippen molar-refractivity contribution in [3.05, 3.63) is 0 Å². The van der Waals surface area contributed by atoms with Gasteiger partial charge in [0.2, 0.25) is 0 Å². The fraction of sp³-hybridized carbons (Fsp3) is 0.750. The maximum absolute atomic E-state index is 9.93. The average Bonchev–Trinajstić information content (AvgIpc) is 1.84. The Bertz CT molecular complexity index is 232. The molecule has 9 heteroatoms. The Hall–Kier alpha value is -0.350. The van der Waals surface area contributed by atoms with Crippen molar-refractivity contribution in [3.63, 3.8) is 0 Å². The van der Waals surface area contributed by atoms with Crippen LogP contribution in [0.4, 0.5) is 0 Å². The molecule has 80 valence electrons. The molecule has 0 aliphatic rings. The van der Waals surface area contributed by atoms with Crippen molar-refractivity contribution in [2.24, 2.45) is 16.0 Å². The first-order chi connectivity index (χ1) is 5.68. The summed E-state index contributed by atoms with van der Waals surface area (Å²) >= 11 is 3.81. The van der Waals surface area contributed by atoms with Gasteiger partial charge < -0.3 is 10.8 Å². The van der Waals surface area contributed by atoms with Crippen LogP contribution in [0.25, 0.3) is 0 Å². The number of hydrogen-bond acceptors (Lipinski definition) is 5. The molecule has 0 aromatic carbocycles. The van der Waals surface area contributed by atoms with Gasteiger partial charge in [0.25, 0.3) is 10.2 Å². The molecule has 0 radical (unpaired) electrons. The number of aliphatic carboxylic acids is 1. The molecular weight excluding hydrogens is 218 g/mol. The van der Waals surface area contributed by atoms with E-state index in [1.54, 1.807) is 0 Å². The van der Waals surface area contributed by atoms with E-state index in [2.05, 4.69) is 22.9 Å². The standard InChI is InChI=1S/C4H9NO2S.H4N2O2S/c5-3(1-2-8)4(6)7;1-5(2,3)4/h3,8H,1-2,5H2,(H,6,7);(H4,1,2,3,4). The summed E-state index contributed by atoms with van der Waals surface area (Å²) in [6, 6.07) is -0.743. The zero-order chi connectivity index (χ0) is 11.1. The van der Waals surface area contributed by atoms with Crippen molar-refractivity contribution in [2.75, 3.05) is 5.75 Å². The predicted molar refractivity (Wildman–Crippen MR) is 51.4 cm³/mol. The van der Waals surface area contributed by atoms with E-state index >= 15 is 0 Å². The lowest BCUT2D eigenvalue weighted by atomic mass is 10.2. The third-order valence-electron chi connectivity index (χ3n) is 0.757. The molecule has 0 saturated heterocycles. The summed E-state index contributed by atoms with van der Waals surface area (Å²) in [5.41, 5.74) is 5.08. The van der Waals surface area contributed by atoms with E-state index in [1.165, 1.54) is 0 Å². The van der Waals surface area contributed by atoms with Gasteiger partial charge in [0.15, 0.2) is 0 Å². The quantitative estimate of drug-likeness (QED) is 0.351. The molecule has 0 aliphatic heterocycles. The zero-order valence-electron chi connectivity index (χ0n) is 6.75. The van der Waals surface area contributed by atoms with E-state index in [9.17, 15) is 13.2 Å². The first kappa shape index (κ1) is 15.1. The summed E-state index contributed by atoms with van der Waals surface area (Å²) in [7, 11) is -3.67. The molecule has 0 heterocycles. The molecular formula is C4H13N3O4S2. The van der Waals surface area contributed by atoms with E-state index in [4.69, 9.17) is 10.8 Å². The van der Waals surface area contributed by atoms with Crippen LogP contribution in [0.1, 0.15) is 6.42 Å². The molecule has 0 bridgehead atoms. The van der Waals surface area contributed by atoms with Gasteiger partial charge in [-0.15, -0.1) is 0 Å². The number of carboxylic acid groups (broad SMARTS) is 1. The van der Waals surface area contributed by atoms with Crippen LogP contribution in [-0.4, -0.2) is 31.3 Å². The van der Waals surface area contributed by atoms with Crippen molar-refractivity contribution < 1.29 is 18.3 Å². The lowest BCUT2D eigenvalue weighted by Crippen LogP contribution is -2.30. The normalized spacial score (nSPS) is 12.6. The van der Waals surface area contributed by atoms with Crippen molar-refractivity contribution in [3.8, 4) is 0 Å². The van der Waals surface area contributed by atoms with Crippen LogP contribution in [0.15, 0.2) is 0 Å². The molecule has 0 aliphatic carbocycles. The second-order valence-electron chi connectivity index (χ2n) is 2.05. The third kappa shape index (κ3) is 24.5. The number of thiol groups is 1. The number of nitrogens with two attached hydrogens (primary N) is 3. The molecule has 0 spiro atoms. The van der Waals surface area contributed by atoms with Crippen molar-refractivity contribution >= 4 is 28.8 Å². The van der Waals surface area contributed by atoms with Crippen molar-refractivity contribution in [2.45, 2.75) is 12.5 Å². The minimum absolute atomic E-state index is 0.429. The Morgan fingerprint density at radius 2 is 1.77 bits per heavy atom. The van der Waals surface area contributed by atoms with E-state index in [0.29, 0.717) is 12.2 Å². The number of carbonyl (C=O) groups is 1. The fourth-order valence-electron chi connectivity index (χ4n) is 0.263. The summed E-state index contributed by atoms with van der Waals surface area (Å²) < 4.78 is 18.4. The Morgan fingerprint density at radius 1 is 1.46 bits per heavy atom. The molecule has 7 N–H and O–H groups in total. The van der Waals surface area contributed by atoms with Gasteiger partial charge in [0.1, 0.15) is 6.04 Å². The molecule has 0 aromatic heterocycles. The van der Waals surface area contributed by atoms with Gasteiger partial charge in [-0.3, -0.25) is 4.79 Å². The van der Waals surface area contributed by atoms with Gasteiger partial charge in [0, 0.05) is 0 Å². The lowest BCUT2D eigenvalue weighted by Gasteiger charge is -2.00. The molecule has 13 heavy (non-hydrogen) atoms. The largest absolute Gasteiger partial charge is 0.480 e. The van der Waals surface area contributed by atoms with Crippen LogP contribution in [0, 0.1) is 0 Å². The first-order valence-electron chi connectivity index (χ1n) is 3.08. The van der Waals surface area contributed by atoms with E-state index in [0.717, 1.165) is 0 Å². The number of hydrogen-bond donors (Lipinski definition) is 5. The average molecular weight is 231 g/mol. The van der Waals surface area contributed by atoms with Gasteiger partial charge in [-0.05, 0) is 12.2 Å². The van der Waals surface area contributed by atoms with Crippen LogP contribution in [0.3, 0.4) is 0 Å². The second-order valence-corrected chi connectivity index (χ2v) is 3.67. The minimum atomic E-state index is -3.67. The van der Waals surface area contributed by atoms with E-state index in [-0.39, 0.29) is 0 Å². The Kier molecular flexibility index (Phi) is 8.26. The van der Waals surface area contributed by atoms with Gasteiger partial charge in [-0.1, -0.05) is 0 Å². The third-order valence-corrected chi connectivity index (χ3v) is 1.02. The van der Waals surface area contributed by atoms with Gasteiger partial charge in [-0.25, -0.2) is 10.3 Å². The summed E-state index contributed by atoms with van der Waals surface area (Å²) in [5, 5.41) is 16.4. The SMILES string of the molecule is NC(CCS)C(=O)O.NS(N)(=O)=O. The lowest BCUT2D eigenvalue weighted by molar-refractivity contribution is -0.138. The molecule has 7 nitrogen and oxygen atoms in total. The second kappa shape index (κ2) is 7.09. The maximum Gasteiger partial charge on any atom is 0.320 e. The summed E-state index contributed by atoms with van der Waals surface area (Å²) in [6.07, 6.45) is 0.429. The monoisotopic (exact) mass is 231 g/mol. The van der Waals surface area contributed by atoms with Crippen LogP contribution >= 0.6 is 12.6 Å². The van der Waals surface area contributed by atoms with E-state index in [1.807, 2.05) is 0 Å². The highest BCUT2D eigenvalue weighted by molar-refractivity contribution is 7.86. The van der Waals surface area contributed by atoms with Crippen LogP contribution in [-0.2, 0) is 15.0 Å². The molecule has 0 rings (SSSR count). The van der Waals surface area contributed by atoms with Gasteiger partial charge in [0.05, 0.1) is 0 Å². The highest BCUT2D eigenvalue weighted by Crippen LogP contribution is 1.88. The Balaban J connectivity index is 0. The van der Waals surface area contributed by atoms with E-state index < -0.39 is 22.2 Å². The smallest absolute Gasteiger partial charge is 0.320 e. The molecule has 0 fully saturated rings. The predicted octanol–water partition coefficient (Wildman–Crippen LogP) is -2.13. The topological polar surface area (TPSA) is 150 Å². The molecule has 0 aromatic rings.